The maximum absolute atomic E-state index is 12.2. The first-order valence-corrected chi connectivity index (χ1v) is 7.29. The summed E-state index contributed by atoms with van der Waals surface area (Å²) in [4.78, 5) is 12.2. The maximum atomic E-state index is 12.2. The van der Waals surface area contributed by atoms with Gasteiger partial charge in [0.05, 0.1) is 12.5 Å². The molecular formula is C17H19ClN2O. The molecule has 0 saturated heterocycles. The van der Waals surface area contributed by atoms with Crippen LogP contribution in [0.25, 0.3) is 0 Å². The van der Waals surface area contributed by atoms with Crippen LogP contribution in [0.3, 0.4) is 0 Å². The molecule has 0 saturated carbocycles. The summed E-state index contributed by atoms with van der Waals surface area (Å²) in [6.07, 6.45) is 0.332. The molecule has 1 atom stereocenters. The molecule has 3 N–H and O–H groups in total. The minimum absolute atomic E-state index is 0.0247. The molecule has 21 heavy (non-hydrogen) atoms. The molecule has 0 unspecified atom stereocenters. The van der Waals surface area contributed by atoms with Gasteiger partial charge in [-0.3, -0.25) is 4.79 Å². The van der Waals surface area contributed by atoms with E-state index in [0.717, 1.165) is 16.7 Å². The first-order valence-electron chi connectivity index (χ1n) is 6.92. The van der Waals surface area contributed by atoms with E-state index < -0.39 is 0 Å². The third kappa shape index (κ3) is 4.31. The van der Waals surface area contributed by atoms with Gasteiger partial charge < -0.3 is 11.1 Å². The second-order valence-electron chi connectivity index (χ2n) is 4.99. The molecule has 0 bridgehead atoms. The van der Waals surface area contributed by atoms with Crippen molar-refractivity contribution in [3.8, 4) is 0 Å². The lowest BCUT2D eigenvalue weighted by atomic mass is 10.0. The second kappa shape index (κ2) is 7.25. The molecule has 0 aliphatic heterocycles. The van der Waals surface area contributed by atoms with E-state index in [2.05, 4.69) is 5.32 Å². The molecule has 0 aliphatic rings. The van der Waals surface area contributed by atoms with Gasteiger partial charge in [0.1, 0.15) is 0 Å². The van der Waals surface area contributed by atoms with Crippen molar-refractivity contribution in [1.29, 1.82) is 0 Å². The number of hydrogen-bond acceptors (Lipinski definition) is 2. The predicted molar refractivity (Wildman–Crippen MR) is 86.0 cm³/mol. The molecule has 4 heteroatoms. The number of carbonyl (C=O) groups excluding carboxylic acids is 1. The van der Waals surface area contributed by atoms with Crippen LogP contribution in [0.1, 0.15) is 29.7 Å². The summed E-state index contributed by atoms with van der Waals surface area (Å²) in [5.41, 5.74) is 8.65. The van der Waals surface area contributed by atoms with Gasteiger partial charge >= 0.3 is 0 Å². The Hall–Kier alpha value is -1.84. The summed E-state index contributed by atoms with van der Waals surface area (Å²) in [7, 11) is 0. The van der Waals surface area contributed by atoms with E-state index in [1.807, 2.05) is 55.5 Å². The minimum Gasteiger partial charge on any atom is -0.349 e. The number of nitrogens with one attached hydrogen (secondary N) is 1. The predicted octanol–water partition coefficient (Wildman–Crippen LogP) is 3.22. The quantitative estimate of drug-likeness (QED) is 0.891. The topological polar surface area (TPSA) is 55.1 Å². The molecule has 3 nitrogen and oxygen atoms in total. The highest BCUT2D eigenvalue weighted by Crippen LogP contribution is 2.17. The highest BCUT2D eigenvalue weighted by Gasteiger charge is 2.11. The summed E-state index contributed by atoms with van der Waals surface area (Å²) >= 11 is 5.97. The van der Waals surface area contributed by atoms with Crippen molar-refractivity contribution in [3.63, 3.8) is 0 Å². The zero-order chi connectivity index (χ0) is 15.2. The number of amides is 1. The van der Waals surface area contributed by atoms with Gasteiger partial charge in [-0.2, -0.15) is 0 Å². The average molecular weight is 303 g/mol. The zero-order valence-corrected chi connectivity index (χ0v) is 12.7. The van der Waals surface area contributed by atoms with Crippen molar-refractivity contribution in [3.05, 3.63) is 70.2 Å². The lowest BCUT2D eigenvalue weighted by Crippen LogP contribution is -2.28. The van der Waals surface area contributed by atoms with E-state index in [0.29, 0.717) is 18.0 Å². The fourth-order valence-electron chi connectivity index (χ4n) is 2.25. The number of hydrogen-bond donors (Lipinski definition) is 2. The summed E-state index contributed by atoms with van der Waals surface area (Å²) in [5.74, 6) is -0.0247. The molecule has 2 rings (SSSR count). The lowest BCUT2D eigenvalue weighted by molar-refractivity contribution is -0.121. The monoisotopic (exact) mass is 302 g/mol. The summed E-state index contributed by atoms with van der Waals surface area (Å²) in [6, 6.07) is 15.2. The summed E-state index contributed by atoms with van der Waals surface area (Å²) in [5, 5.41) is 3.65. The van der Waals surface area contributed by atoms with Crippen molar-refractivity contribution < 1.29 is 4.79 Å². The van der Waals surface area contributed by atoms with Crippen LogP contribution < -0.4 is 11.1 Å². The molecular weight excluding hydrogens is 284 g/mol. The molecule has 0 aromatic heterocycles. The number of carbonyl (C=O) groups is 1. The second-order valence-corrected chi connectivity index (χ2v) is 5.43. The van der Waals surface area contributed by atoms with Gasteiger partial charge in [-0.15, -0.1) is 0 Å². The number of rotatable bonds is 5. The van der Waals surface area contributed by atoms with E-state index >= 15 is 0 Å². The molecule has 2 aromatic carbocycles. The fraction of sp³-hybridized carbons (Fsp3) is 0.235. The van der Waals surface area contributed by atoms with Crippen LogP contribution in [0.2, 0.25) is 5.02 Å². The van der Waals surface area contributed by atoms with E-state index in [4.69, 9.17) is 17.3 Å². The van der Waals surface area contributed by atoms with Gasteiger partial charge in [0.25, 0.3) is 0 Å². The van der Waals surface area contributed by atoms with E-state index in [9.17, 15) is 4.79 Å². The Morgan fingerprint density at radius 3 is 2.57 bits per heavy atom. The molecule has 0 radical (unpaired) electrons. The third-order valence-electron chi connectivity index (χ3n) is 3.42. The Morgan fingerprint density at radius 2 is 1.90 bits per heavy atom. The molecule has 0 fully saturated rings. The van der Waals surface area contributed by atoms with Gasteiger partial charge in [0, 0.05) is 11.6 Å². The Labute approximate surface area is 130 Å². The van der Waals surface area contributed by atoms with Gasteiger partial charge in [-0.25, -0.2) is 0 Å². The maximum Gasteiger partial charge on any atom is 0.224 e. The van der Waals surface area contributed by atoms with Crippen LogP contribution >= 0.6 is 11.6 Å². The van der Waals surface area contributed by atoms with Gasteiger partial charge in [-0.05, 0) is 35.7 Å². The Kier molecular flexibility index (Phi) is 5.37. The van der Waals surface area contributed by atoms with Crippen LogP contribution in [-0.2, 0) is 17.8 Å². The van der Waals surface area contributed by atoms with E-state index in [-0.39, 0.29) is 11.9 Å². The average Bonchev–Trinajstić information content (AvgIpc) is 2.47. The highest BCUT2D eigenvalue weighted by atomic mass is 35.5. The SMILES string of the molecule is C[C@H](NC(=O)Cc1ccccc1CN)c1cccc(Cl)c1. The molecule has 0 spiro atoms. The zero-order valence-electron chi connectivity index (χ0n) is 12.0. The van der Waals surface area contributed by atoms with Crippen molar-refractivity contribution >= 4 is 17.5 Å². The van der Waals surface area contributed by atoms with E-state index in [1.54, 1.807) is 0 Å². The minimum atomic E-state index is -0.0822. The van der Waals surface area contributed by atoms with Crippen LogP contribution in [0.5, 0.6) is 0 Å². The van der Waals surface area contributed by atoms with Gasteiger partial charge in [0.2, 0.25) is 5.91 Å². The highest BCUT2D eigenvalue weighted by molar-refractivity contribution is 6.30. The number of halogens is 1. The fourth-order valence-corrected chi connectivity index (χ4v) is 2.45. The van der Waals surface area contributed by atoms with Gasteiger partial charge in [-0.1, -0.05) is 48.0 Å². The van der Waals surface area contributed by atoms with Crippen molar-refractivity contribution in [2.24, 2.45) is 5.73 Å². The molecule has 2 aromatic rings. The first-order chi connectivity index (χ1) is 10.1. The van der Waals surface area contributed by atoms with Crippen LogP contribution in [0, 0.1) is 0 Å². The van der Waals surface area contributed by atoms with Crippen LogP contribution in [0.4, 0.5) is 0 Å². The van der Waals surface area contributed by atoms with Crippen LogP contribution in [-0.4, -0.2) is 5.91 Å². The Morgan fingerprint density at radius 1 is 1.19 bits per heavy atom. The standard InChI is InChI=1S/C17H19ClN2O/c1-12(13-7-4-8-16(18)9-13)20-17(21)10-14-5-2-3-6-15(14)11-19/h2-9,12H,10-11,19H2,1H3,(H,20,21)/t12-/m0/s1. The molecule has 0 heterocycles. The molecule has 110 valence electrons. The normalized spacial score (nSPS) is 12.0. The van der Waals surface area contributed by atoms with Crippen LogP contribution in [0.15, 0.2) is 48.5 Å². The van der Waals surface area contributed by atoms with Crippen molar-refractivity contribution in [1.82, 2.24) is 5.32 Å². The smallest absolute Gasteiger partial charge is 0.224 e. The summed E-state index contributed by atoms with van der Waals surface area (Å²) in [6.45, 7) is 2.38. The third-order valence-corrected chi connectivity index (χ3v) is 3.65. The van der Waals surface area contributed by atoms with Crippen molar-refractivity contribution in [2.75, 3.05) is 0 Å². The molecule has 0 aliphatic carbocycles. The Bertz CT molecular complexity index is 628. The lowest BCUT2D eigenvalue weighted by Gasteiger charge is -2.15. The number of benzene rings is 2. The first kappa shape index (κ1) is 15.5. The largest absolute Gasteiger partial charge is 0.349 e. The molecule has 1 amide bonds. The Balaban J connectivity index is 2.01. The van der Waals surface area contributed by atoms with Crippen molar-refractivity contribution in [2.45, 2.75) is 25.9 Å². The number of nitrogens with two attached hydrogens (primary N) is 1. The summed E-state index contributed by atoms with van der Waals surface area (Å²) < 4.78 is 0. The van der Waals surface area contributed by atoms with E-state index in [1.165, 1.54) is 0 Å². The van der Waals surface area contributed by atoms with Gasteiger partial charge in [0.15, 0.2) is 0 Å².